The molecule has 96 valence electrons. The van der Waals surface area contributed by atoms with E-state index < -0.39 is 0 Å². The third-order valence-corrected chi connectivity index (χ3v) is 2.81. The minimum absolute atomic E-state index is 0.491. The third kappa shape index (κ3) is 2.51. The number of rotatable bonds is 4. The number of aryl methyl sites for hydroxylation is 2. The summed E-state index contributed by atoms with van der Waals surface area (Å²) >= 11 is 0. The minimum atomic E-state index is 0.491. The standard InChI is InChI=1S/C13H18N4O/c1-9-4-5-11(10(2)8-9)17(3)13-16-15-12(18-13)6-7-14/h4-5,8H,6-7,14H2,1-3H3. The summed E-state index contributed by atoms with van der Waals surface area (Å²) in [5.41, 5.74) is 8.93. The van der Waals surface area contributed by atoms with Crippen molar-refractivity contribution in [2.45, 2.75) is 20.3 Å². The Hall–Kier alpha value is -1.88. The summed E-state index contributed by atoms with van der Waals surface area (Å²) in [5, 5.41) is 7.99. The van der Waals surface area contributed by atoms with E-state index in [9.17, 15) is 0 Å². The quantitative estimate of drug-likeness (QED) is 0.893. The molecule has 0 bridgehead atoms. The van der Waals surface area contributed by atoms with E-state index in [4.69, 9.17) is 10.2 Å². The van der Waals surface area contributed by atoms with E-state index in [1.807, 2.05) is 11.9 Å². The fourth-order valence-electron chi connectivity index (χ4n) is 1.89. The second-order valence-electron chi connectivity index (χ2n) is 4.37. The third-order valence-electron chi connectivity index (χ3n) is 2.81. The van der Waals surface area contributed by atoms with E-state index in [0.29, 0.717) is 24.9 Å². The van der Waals surface area contributed by atoms with Crippen molar-refractivity contribution in [1.29, 1.82) is 0 Å². The lowest BCUT2D eigenvalue weighted by atomic mass is 10.1. The van der Waals surface area contributed by atoms with Crippen LogP contribution in [0.25, 0.3) is 0 Å². The van der Waals surface area contributed by atoms with Crippen molar-refractivity contribution in [2.24, 2.45) is 5.73 Å². The fourth-order valence-corrected chi connectivity index (χ4v) is 1.89. The van der Waals surface area contributed by atoms with Gasteiger partial charge in [-0.3, -0.25) is 4.90 Å². The maximum atomic E-state index is 5.55. The molecular formula is C13H18N4O. The second-order valence-corrected chi connectivity index (χ2v) is 4.37. The van der Waals surface area contributed by atoms with Crippen LogP contribution in [0.1, 0.15) is 17.0 Å². The summed E-state index contributed by atoms with van der Waals surface area (Å²) in [6.45, 7) is 4.65. The predicted molar refractivity (Wildman–Crippen MR) is 71.0 cm³/mol. The molecule has 0 atom stereocenters. The van der Waals surface area contributed by atoms with Crippen molar-refractivity contribution in [3.05, 3.63) is 35.2 Å². The molecule has 0 unspecified atom stereocenters. The van der Waals surface area contributed by atoms with Crippen LogP contribution < -0.4 is 10.6 Å². The van der Waals surface area contributed by atoms with E-state index in [2.05, 4.69) is 42.2 Å². The smallest absolute Gasteiger partial charge is 0.322 e. The van der Waals surface area contributed by atoms with Crippen LogP contribution >= 0.6 is 0 Å². The van der Waals surface area contributed by atoms with E-state index in [1.54, 1.807) is 0 Å². The SMILES string of the molecule is Cc1ccc(N(C)c2nnc(CCN)o2)c(C)c1. The zero-order valence-corrected chi connectivity index (χ0v) is 11.0. The van der Waals surface area contributed by atoms with Crippen LogP contribution in [-0.2, 0) is 6.42 Å². The molecule has 0 saturated carbocycles. The minimum Gasteiger partial charge on any atom is -0.408 e. The zero-order chi connectivity index (χ0) is 13.1. The van der Waals surface area contributed by atoms with Gasteiger partial charge in [-0.2, -0.15) is 0 Å². The maximum absolute atomic E-state index is 5.55. The number of hydrogen-bond donors (Lipinski definition) is 1. The normalized spacial score (nSPS) is 10.7. The molecule has 0 aliphatic heterocycles. The lowest BCUT2D eigenvalue weighted by Crippen LogP contribution is -2.11. The van der Waals surface area contributed by atoms with Crippen LogP contribution in [0.2, 0.25) is 0 Å². The van der Waals surface area contributed by atoms with Gasteiger partial charge in [-0.25, -0.2) is 0 Å². The Morgan fingerprint density at radius 2 is 2.06 bits per heavy atom. The Kier molecular flexibility index (Phi) is 3.62. The van der Waals surface area contributed by atoms with Crippen molar-refractivity contribution in [3.8, 4) is 0 Å². The molecule has 2 N–H and O–H groups in total. The first kappa shape index (κ1) is 12.6. The Morgan fingerprint density at radius 1 is 1.28 bits per heavy atom. The Bertz CT molecular complexity index is 536. The van der Waals surface area contributed by atoms with Crippen LogP contribution in [0.3, 0.4) is 0 Å². The van der Waals surface area contributed by atoms with Crippen LogP contribution in [0.15, 0.2) is 22.6 Å². The first-order chi connectivity index (χ1) is 8.61. The monoisotopic (exact) mass is 246 g/mol. The van der Waals surface area contributed by atoms with Crippen molar-refractivity contribution < 1.29 is 4.42 Å². The average Bonchev–Trinajstić information content (AvgIpc) is 2.77. The van der Waals surface area contributed by atoms with E-state index in [1.165, 1.54) is 11.1 Å². The van der Waals surface area contributed by atoms with Crippen molar-refractivity contribution >= 4 is 11.7 Å². The lowest BCUT2D eigenvalue weighted by molar-refractivity contribution is 0.499. The summed E-state index contributed by atoms with van der Waals surface area (Å²) in [7, 11) is 1.91. The molecule has 0 saturated heterocycles. The predicted octanol–water partition coefficient (Wildman–Crippen LogP) is 1.96. The number of benzene rings is 1. The van der Waals surface area contributed by atoms with E-state index in [-0.39, 0.29) is 0 Å². The molecule has 2 aromatic rings. The highest BCUT2D eigenvalue weighted by atomic mass is 16.4. The van der Waals surface area contributed by atoms with Gasteiger partial charge in [0.15, 0.2) is 0 Å². The molecule has 1 aromatic carbocycles. The highest BCUT2D eigenvalue weighted by Gasteiger charge is 2.13. The molecule has 1 aromatic heterocycles. The molecule has 0 spiro atoms. The van der Waals surface area contributed by atoms with Crippen molar-refractivity contribution in [2.75, 3.05) is 18.5 Å². The van der Waals surface area contributed by atoms with E-state index in [0.717, 1.165) is 5.69 Å². The van der Waals surface area contributed by atoms with Gasteiger partial charge in [0, 0.05) is 25.7 Å². The lowest BCUT2D eigenvalue weighted by Gasteiger charge is -2.16. The first-order valence-corrected chi connectivity index (χ1v) is 5.95. The Morgan fingerprint density at radius 3 is 2.72 bits per heavy atom. The van der Waals surface area contributed by atoms with Crippen LogP contribution in [0.5, 0.6) is 0 Å². The molecular weight excluding hydrogens is 228 g/mol. The van der Waals surface area contributed by atoms with Crippen molar-refractivity contribution in [3.63, 3.8) is 0 Å². The molecule has 18 heavy (non-hydrogen) atoms. The van der Waals surface area contributed by atoms with Gasteiger partial charge in [0.1, 0.15) is 0 Å². The summed E-state index contributed by atoms with van der Waals surface area (Å²) in [4.78, 5) is 1.89. The summed E-state index contributed by atoms with van der Waals surface area (Å²) in [6, 6.07) is 6.74. The summed E-state index contributed by atoms with van der Waals surface area (Å²) < 4.78 is 5.55. The van der Waals surface area contributed by atoms with Gasteiger partial charge in [-0.05, 0) is 25.5 Å². The molecule has 5 nitrogen and oxygen atoms in total. The van der Waals surface area contributed by atoms with Gasteiger partial charge >= 0.3 is 6.01 Å². The number of anilines is 2. The average molecular weight is 246 g/mol. The number of hydrogen-bond acceptors (Lipinski definition) is 5. The van der Waals surface area contributed by atoms with Gasteiger partial charge in [-0.1, -0.05) is 22.8 Å². The maximum Gasteiger partial charge on any atom is 0.322 e. The van der Waals surface area contributed by atoms with E-state index >= 15 is 0 Å². The molecule has 0 aliphatic rings. The van der Waals surface area contributed by atoms with Crippen molar-refractivity contribution in [1.82, 2.24) is 10.2 Å². The molecule has 0 amide bonds. The number of aromatic nitrogens is 2. The molecule has 2 rings (SSSR count). The first-order valence-electron chi connectivity index (χ1n) is 5.95. The van der Waals surface area contributed by atoms with Crippen LogP contribution in [0, 0.1) is 13.8 Å². The van der Waals surface area contributed by atoms with Crippen LogP contribution in [0.4, 0.5) is 11.7 Å². The molecule has 0 fully saturated rings. The largest absolute Gasteiger partial charge is 0.408 e. The second kappa shape index (κ2) is 5.18. The Labute approximate surface area is 107 Å². The topological polar surface area (TPSA) is 68.2 Å². The number of nitrogens with zero attached hydrogens (tertiary/aromatic N) is 3. The summed E-state index contributed by atoms with van der Waals surface area (Å²) in [5.74, 6) is 0.573. The zero-order valence-electron chi connectivity index (χ0n) is 11.0. The van der Waals surface area contributed by atoms with Gasteiger partial charge in [0.2, 0.25) is 5.89 Å². The molecule has 0 radical (unpaired) electrons. The number of nitrogens with two attached hydrogens (primary N) is 1. The fraction of sp³-hybridized carbons (Fsp3) is 0.385. The summed E-state index contributed by atoms with van der Waals surface area (Å²) in [6.07, 6.45) is 0.605. The van der Waals surface area contributed by atoms with Gasteiger partial charge < -0.3 is 10.2 Å². The molecule has 0 aliphatic carbocycles. The highest BCUT2D eigenvalue weighted by molar-refractivity contribution is 5.60. The van der Waals surface area contributed by atoms with Gasteiger partial charge in [0.25, 0.3) is 0 Å². The van der Waals surface area contributed by atoms with Gasteiger partial charge in [-0.15, -0.1) is 5.10 Å². The van der Waals surface area contributed by atoms with Crippen LogP contribution in [-0.4, -0.2) is 23.8 Å². The molecule has 1 heterocycles. The molecule has 5 heteroatoms. The Balaban J connectivity index is 2.26. The highest BCUT2D eigenvalue weighted by Crippen LogP contribution is 2.26. The van der Waals surface area contributed by atoms with Gasteiger partial charge in [0.05, 0.1) is 0 Å².